The van der Waals surface area contributed by atoms with Crippen molar-refractivity contribution in [2.75, 3.05) is 0 Å². The van der Waals surface area contributed by atoms with E-state index in [9.17, 15) is 22.4 Å². The zero-order chi connectivity index (χ0) is 13.6. The second-order valence-electron chi connectivity index (χ2n) is 2.49. The minimum absolute atomic E-state index is 1.86. The predicted molar refractivity (Wildman–Crippen MR) is 55.5 cm³/mol. The zero-order valence-electron chi connectivity index (χ0n) is 6.69. The van der Waals surface area contributed by atoms with E-state index in [-0.39, 0.29) is 0 Å². The van der Waals surface area contributed by atoms with Gasteiger partial charge in [0.05, 0.1) is 0 Å². The summed E-state index contributed by atoms with van der Waals surface area (Å²) >= 11 is 28.6. The number of hydrogen-bond donors (Lipinski definition) is 0. The summed E-state index contributed by atoms with van der Waals surface area (Å²) in [4.78, 5) is 10.6. The largest absolute Gasteiger partial charge is 0.387 e. The Kier molecular flexibility index (Phi) is 5.00. The summed E-state index contributed by atoms with van der Waals surface area (Å²) in [5.74, 6) is -5.31. The molecule has 0 amide bonds. The summed E-state index contributed by atoms with van der Waals surface area (Å²) < 4.78 is 43.5. The van der Waals surface area contributed by atoms with Crippen molar-refractivity contribution in [3.05, 3.63) is 0 Å². The van der Waals surface area contributed by atoms with Gasteiger partial charge in [0, 0.05) is 0 Å². The van der Waals surface area contributed by atoms with Crippen LogP contribution in [0.4, 0.5) is 17.6 Å². The van der Waals surface area contributed by atoms with Crippen LogP contribution in [0, 0.1) is 0 Å². The molecule has 0 spiro atoms. The molecule has 0 rings (SSSR count). The molecule has 1 nitrogen and oxygen atoms in total. The third-order valence-corrected chi connectivity index (χ3v) is 4.44. The molecule has 0 aromatic heterocycles. The van der Waals surface area contributed by atoms with Crippen LogP contribution in [0.5, 0.6) is 0 Å². The van der Waals surface area contributed by atoms with Gasteiger partial charge >= 0.3 is 11.3 Å². The van der Waals surface area contributed by atoms with Gasteiger partial charge in [-0.25, -0.2) is 0 Å². The quantitative estimate of drug-likeness (QED) is 0.406. The second kappa shape index (κ2) is 4.67. The van der Waals surface area contributed by atoms with Crippen LogP contribution < -0.4 is 0 Å². The minimum Gasteiger partial charge on any atom is -0.278 e. The Hall–Kier alpha value is 1.13. The van der Waals surface area contributed by atoms with Crippen molar-refractivity contribution >= 4 is 74.8 Å². The fourth-order valence-electron chi connectivity index (χ4n) is 0.499. The van der Waals surface area contributed by atoms with Crippen LogP contribution in [0.25, 0.3) is 0 Å². The third-order valence-electron chi connectivity index (χ3n) is 1.39. The lowest BCUT2D eigenvalue weighted by Crippen LogP contribution is -2.60. The molecule has 0 aromatic rings. The predicted octanol–water partition coefficient (Wildman–Crippen LogP) is 4.57. The molecule has 0 saturated carbocycles. The van der Waals surface area contributed by atoms with Crippen molar-refractivity contribution in [2.45, 2.75) is 20.0 Å². The lowest BCUT2D eigenvalue weighted by Gasteiger charge is -2.37. The SMILES string of the molecule is O=C(Cl)C(Cl)(Cl)C(Cl)(Cl)C(F)(F)C(F)(F)Cl. The fraction of sp³-hybridized carbons (Fsp3) is 0.800. The molecule has 0 N–H and O–H groups in total. The third kappa shape index (κ3) is 2.59. The number of carbonyl (C=O) groups excluding carboxylic acids is 1. The van der Waals surface area contributed by atoms with Gasteiger partial charge in [0.25, 0.3) is 5.24 Å². The Labute approximate surface area is 117 Å². The highest BCUT2D eigenvalue weighted by atomic mass is 35.5. The maximum atomic E-state index is 13.0. The maximum Gasteiger partial charge on any atom is 0.387 e. The molecule has 16 heavy (non-hydrogen) atoms. The fourth-order valence-corrected chi connectivity index (χ4v) is 1.62. The van der Waals surface area contributed by atoms with Gasteiger partial charge in [0.15, 0.2) is 0 Å². The van der Waals surface area contributed by atoms with Crippen LogP contribution in [0.1, 0.15) is 0 Å². The Morgan fingerprint density at radius 2 is 1.19 bits per heavy atom. The van der Waals surface area contributed by atoms with Crippen LogP contribution in [0.3, 0.4) is 0 Å². The van der Waals surface area contributed by atoms with Crippen molar-refractivity contribution in [2.24, 2.45) is 0 Å². The molecule has 0 unspecified atom stereocenters. The molecule has 0 atom stereocenters. The molecular weight excluding hydrogens is 365 g/mol. The number of alkyl halides is 9. The van der Waals surface area contributed by atoms with Gasteiger partial charge in [-0.05, 0) is 23.2 Å². The highest BCUT2D eigenvalue weighted by molar-refractivity contribution is 6.82. The Morgan fingerprint density at radius 1 is 0.875 bits per heavy atom. The first kappa shape index (κ1) is 17.1. The van der Waals surface area contributed by atoms with Gasteiger partial charge in [-0.2, -0.15) is 17.6 Å². The van der Waals surface area contributed by atoms with E-state index in [4.69, 9.17) is 58.0 Å². The molecule has 96 valence electrons. The molecule has 0 radical (unpaired) electrons. The highest BCUT2D eigenvalue weighted by Crippen LogP contribution is 2.58. The van der Waals surface area contributed by atoms with Gasteiger partial charge in [0.1, 0.15) is 0 Å². The van der Waals surface area contributed by atoms with Crippen LogP contribution in [-0.2, 0) is 4.79 Å². The Morgan fingerprint density at radius 3 is 1.38 bits per heavy atom. The zero-order valence-corrected chi connectivity index (χ0v) is 11.2. The second-order valence-corrected chi connectivity index (χ2v) is 5.97. The van der Waals surface area contributed by atoms with E-state index >= 15 is 0 Å². The van der Waals surface area contributed by atoms with Crippen molar-refractivity contribution in [1.82, 2.24) is 0 Å². The summed E-state index contributed by atoms with van der Waals surface area (Å²) in [6, 6.07) is 0. The molecule has 11 heteroatoms. The Balaban J connectivity index is 5.62. The van der Waals surface area contributed by atoms with E-state index in [1.165, 1.54) is 0 Å². The van der Waals surface area contributed by atoms with Crippen molar-refractivity contribution in [3.8, 4) is 0 Å². The normalized spacial score (nSPS) is 15.1. The van der Waals surface area contributed by atoms with Gasteiger partial charge in [-0.15, -0.1) is 0 Å². The number of carbonyl (C=O) groups is 1. The summed E-state index contributed by atoms with van der Waals surface area (Å²) in [6.07, 6.45) is 0. The summed E-state index contributed by atoms with van der Waals surface area (Å²) in [7, 11) is 0. The summed E-state index contributed by atoms with van der Waals surface area (Å²) in [6.45, 7) is 0. The first-order valence-corrected chi connectivity index (χ1v) is 5.36. The monoisotopic (exact) mass is 362 g/mol. The van der Waals surface area contributed by atoms with Crippen LogP contribution in [-0.4, -0.2) is 25.2 Å². The van der Waals surface area contributed by atoms with Crippen molar-refractivity contribution < 1.29 is 22.4 Å². The topological polar surface area (TPSA) is 17.1 Å². The lowest BCUT2D eigenvalue weighted by molar-refractivity contribution is -0.168. The molecule has 0 aliphatic carbocycles. The molecule has 0 heterocycles. The van der Waals surface area contributed by atoms with E-state index in [1.807, 2.05) is 0 Å². The molecule has 0 aliphatic heterocycles. The van der Waals surface area contributed by atoms with Crippen LogP contribution >= 0.6 is 69.6 Å². The molecule has 0 bridgehead atoms. The van der Waals surface area contributed by atoms with Gasteiger partial charge in [-0.3, -0.25) is 4.79 Å². The molecular formula is C5Cl6F4O. The van der Waals surface area contributed by atoms with Crippen LogP contribution in [0.15, 0.2) is 0 Å². The Bertz CT molecular complexity index is 298. The van der Waals surface area contributed by atoms with E-state index in [2.05, 4.69) is 11.6 Å². The lowest BCUT2D eigenvalue weighted by atomic mass is 10.1. The first-order chi connectivity index (χ1) is 6.69. The number of rotatable bonds is 4. The number of halogens is 10. The van der Waals surface area contributed by atoms with Gasteiger partial charge in [-0.1, -0.05) is 46.4 Å². The molecule has 0 aliphatic rings. The van der Waals surface area contributed by atoms with E-state index < -0.39 is 25.2 Å². The van der Waals surface area contributed by atoms with Crippen molar-refractivity contribution in [3.63, 3.8) is 0 Å². The first-order valence-electron chi connectivity index (χ1n) is 3.09. The van der Waals surface area contributed by atoms with E-state index in [1.54, 1.807) is 0 Å². The highest BCUT2D eigenvalue weighted by Gasteiger charge is 2.76. The van der Waals surface area contributed by atoms with Crippen molar-refractivity contribution in [1.29, 1.82) is 0 Å². The summed E-state index contributed by atoms with van der Waals surface area (Å²) in [5, 5.41) is -7.04. The maximum absolute atomic E-state index is 13.0. The average molecular weight is 365 g/mol. The van der Waals surface area contributed by atoms with Gasteiger partial charge < -0.3 is 0 Å². The molecule has 0 saturated heterocycles. The number of hydrogen-bond acceptors (Lipinski definition) is 1. The molecule has 0 aromatic carbocycles. The van der Waals surface area contributed by atoms with E-state index in [0.29, 0.717) is 0 Å². The van der Waals surface area contributed by atoms with Crippen LogP contribution in [0.2, 0.25) is 0 Å². The van der Waals surface area contributed by atoms with Gasteiger partial charge in [0.2, 0.25) is 8.67 Å². The standard InChI is InChI=1S/C5Cl6F4O/c6-1(16)2(7,8)3(9,10)4(12,13)5(11,14)15. The smallest absolute Gasteiger partial charge is 0.278 e. The molecule has 0 fully saturated rings. The van der Waals surface area contributed by atoms with E-state index in [0.717, 1.165) is 0 Å². The average Bonchev–Trinajstić information content (AvgIpc) is 2.00. The summed E-state index contributed by atoms with van der Waals surface area (Å²) in [5.41, 5.74) is 0. The minimum atomic E-state index is -5.31.